The van der Waals surface area contributed by atoms with Crippen molar-refractivity contribution in [2.45, 2.75) is 142 Å². The van der Waals surface area contributed by atoms with Crippen LogP contribution in [0.1, 0.15) is 116 Å². The molecule has 3 aromatic carbocycles. The van der Waals surface area contributed by atoms with Crippen molar-refractivity contribution in [3.8, 4) is 0 Å². The molecule has 3 amide bonds. The summed E-state index contributed by atoms with van der Waals surface area (Å²) in [5.74, 6) is -1.41. The molecule has 0 radical (unpaired) electrons. The van der Waals surface area contributed by atoms with Crippen LogP contribution in [0.2, 0.25) is 5.04 Å². The zero-order valence-electron chi connectivity index (χ0n) is 34.6. The maximum Gasteiger partial charge on any atom is 0.407 e. The second-order valence-electron chi connectivity index (χ2n) is 18.4. The molecular weight excluding hydrogens is 723 g/mol. The zero-order valence-corrected chi connectivity index (χ0v) is 35.6. The highest BCUT2D eigenvalue weighted by molar-refractivity contribution is 6.99. The largest absolute Gasteiger partial charge is 0.460 e. The van der Waals surface area contributed by atoms with Gasteiger partial charge in [0.25, 0.3) is 14.2 Å². The minimum atomic E-state index is -2.98. The van der Waals surface area contributed by atoms with Crippen molar-refractivity contribution in [2.75, 3.05) is 0 Å². The molecule has 0 aromatic heterocycles. The third-order valence-electron chi connectivity index (χ3n) is 10.6. The average molecular weight is 784 g/mol. The van der Waals surface area contributed by atoms with Gasteiger partial charge in [0, 0.05) is 18.5 Å². The van der Waals surface area contributed by atoms with Crippen LogP contribution in [0, 0.1) is 5.92 Å². The number of rotatable bonds is 12. The van der Waals surface area contributed by atoms with Crippen LogP contribution in [0.3, 0.4) is 0 Å². The molecule has 4 atom stereocenters. The van der Waals surface area contributed by atoms with Gasteiger partial charge in [-0.1, -0.05) is 100.0 Å². The van der Waals surface area contributed by atoms with Gasteiger partial charge in [0.2, 0.25) is 5.91 Å². The smallest absolute Gasteiger partial charge is 0.407 e. The monoisotopic (exact) mass is 783 g/mol. The zero-order chi connectivity index (χ0) is 41.1. The molecular formula is C45H61N3O7Si. The molecule has 2 aliphatic rings. The molecule has 1 heterocycles. The normalized spacial score (nSPS) is 19.6. The van der Waals surface area contributed by atoms with Crippen LogP contribution in [-0.4, -0.2) is 66.5 Å². The number of nitrogens with two attached hydrogens (primary N) is 1. The summed E-state index contributed by atoms with van der Waals surface area (Å²) in [6.07, 6.45) is 2.41. The number of ether oxygens (including phenoxy) is 2. The van der Waals surface area contributed by atoms with Crippen LogP contribution in [0.4, 0.5) is 4.79 Å². The second kappa shape index (κ2) is 16.9. The van der Waals surface area contributed by atoms with Crippen molar-refractivity contribution >= 4 is 42.6 Å². The number of hydrogen-bond donors (Lipinski definition) is 2. The van der Waals surface area contributed by atoms with E-state index >= 15 is 0 Å². The van der Waals surface area contributed by atoms with Gasteiger partial charge in [-0.15, -0.1) is 0 Å². The number of nitrogens with zero attached hydrogens (tertiary/aromatic N) is 1. The van der Waals surface area contributed by atoms with Gasteiger partial charge in [0.1, 0.15) is 17.2 Å². The van der Waals surface area contributed by atoms with Gasteiger partial charge in [-0.2, -0.15) is 0 Å². The minimum absolute atomic E-state index is 0.00191. The number of carbonyl (C=O) groups excluding carboxylic acids is 4. The van der Waals surface area contributed by atoms with Gasteiger partial charge in [-0.25, -0.2) is 4.79 Å². The lowest BCUT2D eigenvalue weighted by atomic mass is 9.79. The van der Waals surface area contributed by atoms with E-state index < -0.39 is 43.5 Å². The van der Waals surface area contributed by atoms with Crippen molar-refractivity contribution in [2.24, 2.45) is 11.7 Å². The number of amides is 3. The number of carbonyl (C=O) groups is 4. The lowest BCUT2D eigenvalue weighted by Crippen LogP contribution is -2.69. The summed E-state index contributed by atoms with van der Waals surface area (Å²) in [5, 5.41) is 5.37. The molecule has 1 aliphatic heterocycles. The fourth-order valence-electron chi connectivity index (χ4n) is 8.35. The molecule has 0 bridgehead atoms. The summed E-state index contributed by atoms with van der Waals surface area (Å²) < 4.78 is 18.9. The van der Waals surface area contributed by atoms with Gasteiger partial charge >= 0.3 is 12.1 Å². The molecule has 3 N–H and O–H groups in total. The van der Waals surface area contributed by atoms with Crippen LogP contribution >= 0.6 is 0 Å². The first-order valence-corrected chi connectivity index (χ1v) is 21.8. The standard InChI is InChI=1S/C45H61N3O7Si/c1-43(2,3)53-38(49)26-25-36(40(46)50)48-29-32-28-30(23-24-35(32)41(48)51)27-31-17-16-22-37(39(31)47-42(52)54-44(4,5)6)55-56(45(7,8)9,33-18-12-10-13-19-33)34-20-14-11-15-21-34/h10-15,18-21,23-24,28,31,36-37,39H,16-17,22,25-27,29H2,1-9H3,(H2,46,50)(H,47,52)/t31-,36+,37+,39-/m1/s1. The summed E-state index contributed by atoms with van der Waals surface area (Å²) in [4.78, 5) is 53.8. The van der Waals surface area contributed by atoms with Gasteiger partial charge in [0.05, 0.1) is 12.1 Å². The number of nitrogens with one attached hydrogen (secondary N) is 1. The Kier molecular flexibility index (Phi) is 12.9. The quantitative estimate of drug-likeness (QED) is 0.152. The molecule has 1 aliphatic carbocycles. The predicted octanol–water partition coefficient (Wildman–Crippen LogP) is 6.80. The van der Waals surface area contributed by atoms with Crippen molar-refractivity contribution < 1.29 is 33.1 Å². The van der Waals surface area contributed by atoms with Crippen molar-refractivity contribution in [1.29, 1.82) is 0 Å². The SMILES string of the molecule is CC(C)(C)OC(=O)CC[C@@H](C(N)=O)N1Cc2cc(C[C@H]3CCC[C@H](O[Si](c4ccccc4)(c4ccccc4)C(C)(C)C)[C@@H]3NC(=O)OC(C)(C)C)ccc2C1=O. The summed E-state index contributed by atoms with van der Waals surface area (Å²) in [6, 6.07) is 25.5. The first-order chi connectivity index (χ1) is 26.2. The molecule has 3 aromatic rings. The molecule has 0 saturated heterocycles. The Labute approximate surface area is 334 Å². The van der Waals surface area contributed by atoms with Crippen LogP contribution in [-0.2, 0) is 36.5 Å². The van der Waals surface area contributed by atoms with E-state index in [2.05, 4.69) is 74.6 Å². The van der Waals surface area contributed by atoms with E-state index in [1.165, 1.54) is 15.3 Å². The molecule has 1 saturated carbocycles. The fourth-order valence-corrected chi connectivity index (χ4v) is 13.1. The second-order valence-corrected chi connectivity index (χ2v) is 22.6. The Hall–Kier alpha value is -4.48. The number of hydrogen-bond acceptors (Lipinski definition) is 7. The molecule has 302 valence electrons. The van der Waals surface area contributed by atoms with E-state index in [0.29, 0.717) is 12.0 Å². The first kappa shape index (κ1) is 42.7. The highest BCUT2D eigenvalue weighted by atomic mass is 28.4. The third-order valence-corrected chi connectivity index (χ3v) is 15.7. The van der Waals surface area contributed by atoms with Gasteiger partial charge in [0.15, 0.2) is 0 Å². The van der Waals surface area contributed by atoms with E-state index in [-0.39, 0.29) is 48.4 Å². The number of fused-ring (bicyclic) bond motifs is 1. The van der Waals surface area contributed by atoms with Gasteiger partial charge < -0.3 is 29.9 Å². The Morgan fingerprint density at radius 1 is 0.839 bits per heavy atom. The first-order valence-electron chi connectivity index (χ1n) is 19.9. The highest BCUT2D eigenvalue weighted by Crippen LogP contribution is 2.41. The average Bonchev–Trinajstić information content (AvgIpc) is 3.41. The molecule has 56 heavy (non-hydrogen) atoms. The molecule has 11 heteroatoms. The molecule has 0 unspecified atom stereocenters. The highest BCUT2D eigenvalue weighted by Gasteiger charge is 2.53. The van der Waals surface area contributed by atoms with E-state index in [0.717, 1.165) is 30.4 Å². The van der Waals surface area contributed by atoms with Crippen molar-refractivity contribution in [1.82, 2.24) is 10.2 Å². The number of alkyl carbamates (subject to hydrolysis) is 1. The van der Waals surface area contributed by atoms with Gasteiger partial charge in [-0.05, 0) is 106 Å². The topological polar surface area (TPSA) is 137 Å². The Morgan fingerprint density at radius 2 is 1.43 bits per heavy atom. The van der Waals surface area contributed by atoms with Crippen LogP contribution in [0.5, 0.6) is 0 Å². The summed E-state index contributed by atoms with van der Waals surface area (Å²) >= 11 is 0. The fraction of sp³-hybridized carbons (Fsp3) is 0.511. The maximum absolute atomic E-state index is 13.6. The predicted molar refractivity (Wildman–Crippen MR) is 221 cm³/mol. The van der Waals surface area contributed by atoms with Crippen LogP contribution < -0.4 is 21.4 Å². The summed E-state index contributed by atoms with van der Waals surface area (Å²) in [5.41, 5.74) is 6.76. The van der Waals surface area contributed by atoms with E-state index in [1.807, 2.05) is 51.1 Å². The van der Waals surface area contributed by atoms with E-state index in [1.54, 1.807) is 20.8 Å². The number of benzene rings is 3. The summed E-state index contributed by atoms with van der Waals surface area (Å²) in [7, 11) is -2.98. The van der Waals surface area contributed by atoms with Crippen LogP contribution in [0.25, 0.3) is 0 Å². The van der Waals surface area contributed by atoms with E-state index in [9.17, 15) is 19.2 Å². The lowest BCUT2D eigenvalue weighted by Gasteiger charge is -2.49. The third kappa shape index (κ3) is 10.1. The molecule has 5 rings (SSSR count). The van der Waals surface area contributed by atoms with Crippen molar-refractivity contribution in [3.63, 3.8) is 0 Å². The van der Waals surface area contributed by atoms with E-state index in [4.69, 9.17) is 19.6 Å². The Bertz CT molecular complexity index is 1820. The molecule has 1 fully saturated rings. The lowest BCUT2D eigenvalue weighted by molar-refractivity contribution is -0.155. The van der Waals surface area contributed by atoms with Crippen molar-refractivity contribution in [3.05, 3.63) is 95.6 Å². The van der Waals surface area contributed by atoms with Crippen LogP contribution in [0.15, 0.2) is 78.9 Å². The Morgan fingerprint density at radius 3 is 1.96 bits per heavy atom. The maximum atomic E-state index is 13.6. The minimum Gasteiger partial charge on any atom is -0.460 e. The summed E-state index contributed by atoms with van der Waals surface area (Å²) in [6.45, 7) is 17.9. The number of esters is 1. The molecule has 10 nitrogen and oxygen atoms in total. The Balaban J connectivity index is 1.45. The van der Waals surface area contributed by atoms with Gasteiger partial charge in [-0.3, -0.25) is 14.4 Å². The number of primary amides is 1. The molecule has 0 spiro atoms.